The van der Waals surface area contributed by atoms with Gasteiger partial charge in [0, 0.05) is 13.0 Å². The molecule has 0 spiro atoms. The summed E-state index contributed by atoms with van der Waals surface area (Å²) in [4.78, 5) is 12.9. The Morgan fingerprint density at radius 1 is 1.57 bits per heavy atom. The molecule has 0 aliphatic carbocycles. The molecule has 0 aromatic carbocycles. The molecule has 1 fully saturated rings. The smallest absolute Gasteiger partial charge is 0.264 e. The normalized spacial score (nSPS) is 23.1. The molecule has 1 amide bonds. The molecule has 1 heterocycles. The van der Waals surface area contributed by atoms with E-state index >= 15 is 0 Å². The molecule has 0 bridgehead atoms. The minimum absolute atomic E-state index is 0.0783. The molecule has 82 valence electrons. The molecule has 1 aliphatic heterocycles. The molecule has 0 radical (unpaired) electrons. The highest BCUT2D eigenvalue weighted by molar-refractivity contribution is 7.85. The second-order valence-corrected chi connectivity index (χ2v) is 5.00. The number of amides is 1. The summed E-state index contributed by atoms with van der Waals surface area (Å²) in [5.74, 6) is 0.0783. The standard InChI is InChI=1S/C8H15NO4S/c1-3-9-7(4-5-8(9)10)6-13-14(2,11)12/h7H,3-6H2,1-2H3. The van der Waals surface area contributed by atoms with Crippen molar-refractivity contribution in [3.63, 3.8) is 0 Å². The zero-order valence-corrected chi connectivity index (χ0v) is 9.21. The number of hydrogen-bond acceptors (Lipinski definition) is 4. The number of rotatable bonds is 4. The minimum atomic E-state index is -3.40. The van der Waals surface area contributed by atoms with Crippen LogP contribution >= 0.6 is 0 Å². The maximum Gasteiger partial charge on any atom is 0.264 e. The quantitative estimate of drug-likeness (QED) is 0.625. The van der Waals surface area contributed by atoms with Crippen LogP contribution in [0.15, 0.2) is 0 Å². The van der Waals surface area contributed by atoms with Crippen LogP contribution in [0.5, 0.6) is 0 Å². The predicted octanol–water partition coefficient (Wildman–Crippen LogP) is -0.0265. The van der Waals surface area contributed by atoms with Gasteiger partial charge in [0.2, 0.25) is 5.91 Å². The van der Waals surface area contributed by atoms with Crippen LogP contribution in [0.4, 0.5) is 0 Å². The van der Waals surface area contributed by atoms with Gasteiger partial charge in [-0.05, 0) is 13.3 Å². The number of hydrogen-bond donors (Lipinski definition) is 0. The van der Waals surface area contributed by atoms with Crippen LogP contribution in [0.2, 0.25) is 0 Å². The monoisotopic (exact) mass is 221 g/mol. The lowest BCUT2D eigenvalue weighted by Crippen LogP contribution is -2.36. The Morgan fingerprint density at radius 3 is 2.71 bits per heavy atom. The zero-order valence-electron chi connectivity index (χ0n) is 8.39. The van der Waals surface area contributed by atoms with Crippen LogP contribution < -0.4 is 0 Å². The Kier molecular flexibility index (Phi) is 3.49. The zero-order chi connectivity index (χ0) is 10.8. The molecule has 0 N–H and O–H groups in total. The molecule has 6 heteroatoms. The number of likely N-dealkylation sites (N-methyl/N-ethyl adjacent to an activating group) is 1. The molecule has 1 aliphatic rings. The number of carbonyl (C=O) groups excluding carboxylic acids is 1. The van der Waals surface area contributed by atoms with E-state index in [1.54, 1.807) is 4.90 Å². The van der Waals surface area contributed by atoms with Crippen LogP contribution in [-0.4, -0.2) is 44.7 Å². The van der Waals surface area contributed by atoms with Crippen LogP contribution in [0.1, 0.15) is 19.8 Å². The molecule has 0 aromatic rings. The minimum Gasteiger partial charge on any atom is -0.338 e. The van der Waals surface area contributed by atoms with Crippen molar-refractivity contribution in [2.75, 3.05) is 19.4 Å². The summed E-state index contributed by atoms with van der Waals surface area (Å²) in [6, 6.07) is -0.0813. The molecule has 0 aromatic heterocycles. The Morgan fingerprint density at radius 2 is 2.21 bits per heavy atom. The third kappa shape index (κ3) is 2.95. The van der Waals surface area contributed by atoms with Gasteiger partial charge in [0.1, 0.15) is 0 Å². The second kappa shape index (κ2) is 4.27. The molecule has 1 saturated heterocycles. The van der Waals surface area contributed by atoms with E-state index < -0.39 is 10.1 Å². The average molecular weight is 221 g/mol. The Balaban J connectivity index is 2.50. The summed E-state index contributed by atoms with van der Waals surface area (Å²) < 4.78 is 26.1. The van der Waals surface area contributed by atoms with Crippen molar-refractivity contribution >= 4 is 16.0 Å². The van der Waals surface area contributed by atoms with Crippen LogP contribution in [0.25, 0.3) is 0 Å². The lowest BCUT2D eigenvalue weighted by molar-refractivity contribution is -0.129. The third-order valence-corrected chi connectivity index (χ3v) is 2.83. The van der Waals surface area contributed by atoms with E-state index in [0.29, 0.717) is 19.4 Å². The van der Waals surface area contributed by atoms with Gasteiger partial charge in [0.05, 0.1) is 18.9 Å². The van der Waals surface area contributed by atoms with Crippen molar-refractivity contribution in [2.24, 2.45) is 0 Å². The summed E-state index contributed by atoms with van der Waals surface area (Å²) in [5.41, 5.74) is 0. The number of likely N-dealkylation sites (tertiary alicyclic amines) is 1. The van der Waals surface area contributed by atoms with Gasteiger partial charge >= 0.3 is 0 Å². The van der Waals surface area contributed by atoms with Crippen molar-refractivity contribution in [1.82, 2.24) is 4.90 Å². The van der Waals surface area contributed by atoms with Gasteiger partial charge < -0.3 is 4.90 Å². The summed E-state index contributed by atoms with van der Waals surface area (Å²) in [6.45, 7) is 2.56. The third-order valence-electron chi connectivity index (χ3n) is 2.27. The molecule has 1 atom stereocenters. The Labute approximate surface area is 84.2 Å². The van der Waals surface area contributed by atoms with E-state index in [9.17, 15) is 13.2 Å². The fourth-order valence-corrected chi connectivity index (χ4v) is 2.01. The van der Waals surface area contributed by atoms with Gasteiger partial charge in [-0.2, -0.15) is 8.42 Å². The first-order chi connectivity index (χ1) is 6.44. The topological polar surface area (TPSA) is 63.7 Å². The van der Waals surface area contributed by atoms with E-state index in [4.69, 9.17) is 0 Å². The SMILES string of the molecule is CCN1C(=O)CCC1COS(C)(=O)=O. The number of carbonyl (C=O) groups is 1. The maximum absolute atomic E-state index is 11.3. The summed E-state index contributed by atoms with van der Waals surface area (Å²) in [7, 11) is -3.40. The van der Waals surface area contributed by atoms with Crippen molar-refractivity contribution < 1.29 is 17.4 Å². The molecular weight excluding hydrogens is 206 g/mol. The predicted molar refractivity (Wildman–Crippen MR) is 51.2 cm³/mol. The fraction of sp³-hybridized carbons (Fsp3) is 0.875. The van der Waals surface area contributed by atoms with Crippen molar-refractivity contribution in [3.8, 4) is 0 Å². The average Bonchev–Trinajstić information content (AvgIpc) is 2.41. The molecule has 0 saturated carbocycles. The van der Waals surface area contributed by atoms with E-state index in [2.05, 4.69) is 4.18 Å². The highest BCUT2D eigenvalue weighted by Gasteiger charge is 2.30. The first-order valence-electron chi connectivity index (χ1n) is 4.58. The van der Waals surface area contributed by atoms with Crippen molar-refractivity contribution in [1.29, 1.82) is 0 Å². The van der Waals surface area contributed by atoms with Crippen LogP contribution in [0.3, 0.4) is 0 Å². The van der Waals surface area contributed by atoms with E-state index in [-0.39, 0.29) is 18.6 Å². The first kappa shape index (κ1) is 11.5. The van der Waals surface area contributed by atoms with Gasteiger partial charge in [-0.3, -0.25) is 8.98 Å². The highest BCUT2D eigenvalue weighted by atomic mass is 32.2. The summed E-state index contributed by atoms with van der Waals surface area (Å²) in [5, 5.41) is 0. The van der Waals surface area contributed by atoms with Crippen LogP contribution in [0, 0.1) is 0 Å². The van der Waals surface area contributed by atoms with Gasteiger partial charge in [-0.1, -0.05) is 0 Å². The molecule has 1 unspecified atom stereocenters. The van der Waals surface area contributed by atoms with Gasteiger partial charge in [0.25, 0.3) is 10.1 Å². The van der Waals surface area contributed by atoms with Gasteiger partial charge in [0.15, 0.2) is 0 Å². The van der Waals surface area contributed by atoms with E-state index in [1.807, 2.05) is 6.92 Å². The molecule has 1 rings (SSSR count). The summed E-state index contributed by atoms with van der Waals surface area (Å²) >= 11 is 0. The Hall–Kier alpha value is -0.620. The molecular formula is C8H15NO4S. The largest absolute Gasteiger partial charge is 0.338 e. The highest BCUT2D eigenvalue weighted by Crippen LogP contribution is 2.18. The molecule has 5 nitrogen and oxygen atoms in total. The van der Waals surface area contributed by atoms with Crippen molar-refractivity contribution in [2.45, 2.75) is 25.8 Å². The summed E-state index contributed by atoms with van der Waals surface area (Å²) in [6.07, 6.45) is 2.19. The second-order valence-electron chi connectivity index (χ2n) is 3.36. The lowest BCUT2D eigenvalue weighted by Gasteiger charge is -2.22. The first-order valence-corrected chi connectivity index (χ1v) is 6.39. The maximum atomic E-state index is 11.3. The van der Waals surface area contributed by atoms with Gasteiger partial charge in [-0.25, -0.2) is 0 Å². The van der Waals surface area contributed by atoms with E-state index in [0.717, 1.165) is 6.26 Å². The fourth-order valence-electron chi connectivity index (χ4n) is 1.60. The lowest BCUT2D eigenvalue weighted by atomic mass is 10.2. The van der Waals surface area contributed by atoms with Crippen LogP contribution in [-0.2, 0) is 19.1 Å². The number of nitrogens with zero attached hydrogens (tertiary/aromatic N) is 1. The molecule has 14 heavy (non-hydrogen) atoms. The Bertz CT molecular complexity index is 311. The van der Waals surface area contributed by atoms with Gasteiger partial charge in [-0.15, -0.1) is 0 Å². The van der Waals surface area contributed by atoms with Crippen molar-refractivity contribution in [3.05, 3.63) is 0 Å². The van der Waals surface area contributed by atoms with E-state index in [1.165, 1.54) is 0 Å².